The van der Waals surface area contributed by atoms with Crippen LogP contribution in [0.25, 0.3) is 0 Å². The zero-order chi connectivity index (χ0) is 27.2. The fraction of sp³-hybridized carbons (Fsp3) is 0.500. The highest BCUT2D eigenvalue weighted by Crippen LogP contribution is 2.54. The molecule has 2 aromatic rings. The van der Waals surface area contributed by atoms with Gasteiger partial charge in [0.15, 0.2) is 0 Å². The van der Waals surface area contributed by atoms with E-state index in [1.54, 1.807) is 37.6 Å². The second-order valence-electron chi connectivity index (χ2n) is 10.1. The minimum absolute atomic E-state index is 0.0143. The molecular formula is C26H28ClF3N4O4. The molecule has 1 saturated carbocycles. The molecule has 204 valence electrons. The van der Waals surface area contributed by atoms with Gasteiger partial charge in [-0.2, -0.15) is 18.3 Å². The van der Waals surface area contributed by atoms with Crippen LogP contribution in [0.2, 0.25) is 5.02 Å². The summed E-state index contributed by atoms with van der Waals surface area (Å²) in [5, 5.41) is 14.8. The molecule has 1 saturated heterocycles. The number of methoxy groups -OCH3 is 1. The highest BCUT2D eigenvalue weighted by atomic mass is 35.5. The lowest BCUT2D eigenvalue weighted by Crippen LogP contribution is -2.47. The monoisotopic (exact) mass is 552 g/mol. The van der Waals surface area contributed by atoms with Gasteiger partial charge in [-0.25, -0.2) is 4.98 Å². The van der Waals surface area contributed by atoms with Crippen molar-refractivity contribution in [1.29, 1.82) is 0 Å². The summed E-state index contributed by atoms with van der Waals surface area (Å²) in [6.07, 6.45) is -0.722. The van der Waals surface area contributed by atoms with Gasteiger partial charge >= 0.3 is 12.1 Å². The molecule has 1 unspecified atom stereocenters. The van der Waals surface area contributed by atoms with Crippen molar-refractivity contribution in [3.8, 4) is 11.6 Å². The fourth-order valence-electron chi connectivity index (χ4n) is 5.46. The number of hydrazone groups is 1. The zero-order valence-electron chi connectivity index (χ0n) is 20.9. The molecule has 1 aromatic carbocycles. The third kappa shape index (κ3) is 5.08. The van der Waals surface area contributed by atoms with Crippen molar-refractivity contribution < 1.29 is 32.5 Å². The smallest absolute Gasteiger partial charge is 0.431 e. The van der Waals surface area contributed by atoms with Crippen molar-refractivity contribution >= 4 is 34.7 Å². The maximum absolute atomic E-state index is 13.5. The minimum Gasteiger partial charge on any atom is -0.490 e. The molecule has 2 fully saturated rings. The molecule has 3 aliphatic rings. The third-order valence-electron chi connectivity index (χ3n) is 7.69. The molecule has 8 nitrogen and oxygen atoms in total. The Morgan fingerprint density at radius 1 is 1.26 bits per heavy atom. The van der Waals surface area contributed by atoms with Crippen LogP contribution in [0.4, 0.5) is 24.5 Å². The summed E-state index contributed by atoms with van der Waals surface area (Å²) in [6.45, 7) is 2.86. The Morgan fingerprint density at radius 3 is 2.58 bits per heavy atom. The van der Waals surface area contributed by atoms with E-state index >= 15 is 0 Å². The molecule has 5 rings (SSSR count). The highest BCUT2D eigenvalue weighted by Gasteiger charge is 2.54. The number of anilines is 2. The second kappa shape index (κ2) is 9.83. The first-order chi connectivity index (χ1) is 18.0. The van der Waals surface area contributed by atoms with E-state index in [0.29, 0.717) is 22.3 Å². The zero-order valence-corrected chi connectivity index (χ0v) is 21.7. The number of carbonyl (C=O) groups is 1. The average Bonchev–Trinajstić information content (AvgIpc) is 3.56. The lowest BCUT2D eigenvalue weighted by atomic mass is 9.91. The molecule has 38 heavy (non-hydrogen) atoms. The van der Waals surface area contributed by atoms with Crippen molar-refractivity contribution in [2.24, 2.45) is 16.4 Å². The van der Waals surface area contributed by atoms with Crippen molar-refractivity contribution in [3.63, 3.8) is 0 Å². The van der Waals surface area contributed by atoms with Crippen LogP contribution in [0.3, 0.4) is 0 Å². The predicted octanol–water partition coefficient (Wildman–Crippen LogP) is 5.40. The largest absolute Gasteiger partial charge is 0.490 e. The summed E-state index contributed by atoms with van der Waals surface area (Å²) >= 11 is 6.42. The van der Waals surface area contributed by atoms with Crippen molar-refractivity contribution in [2.75, 3.05) is 30.1 Å². The van der Waals surface area contributed by atoms with E-state index in [2.05, 4.69) is 15.0 Å². The molecule has 1 aromatic heterocycles. The van der Waals surface area contributed by atoms with Gasteiger partial charge in [-0.05, 0) is 37.1 Å². The predicted molar refractivity (Wildman–Crippen MR) is 136 cm³/mol. The number of piperidine rings is 1. The second-order valence-corrected chi connectivity index (χ2v) is 10.5. The molecule has 0 radical (unpaired) electrons. The molecule has 0 amide bonds. The number of hydrogen-bond donors (Lipinski definition) is 1. The van der Waals surface area contributed by atoms with Crippen LogP contribution in [0, 0.1) is 11.3 Å². The number of halogens is 4. The normalized spacial score (nSPS) is 24.4. The van der Waals surface area contributed by atoms with E-state index in [0.717, 1.165) is 38.0 Å². The number of hydrogen-bond acceptors (Lipinski definition) is 7. The number of aromatic nitrogens is 1. The Morgan fingerprint density at radius 2 is 1.97 bits per heavy atom. The number of carboxylic acid groups (broad SMARTS) is 1. The molecule has 0 bridgehead atoms. The fourth-order valence-corrected chi connectivity index (χ4v) is 5.68. The summed E-state index contributed by atoms with van der Waals surface area (Å²) in [4.78, 5) is 17.7. The minimum atomic E-state index is -4.63. The van der Waals surface area contributed by atoms with Crippen molar-refractivity contribution in [2.45, 2.75) is 50.9 Å². The van der Waals surface area contributed by atoms with Crippen LogP contribution in [0.1, 0.15) is 32.6 Å². The van der Waals surface area contributed by atoms with Crippen molar-refractivity contribution in [3.05, 3.63) is 41.6 Å². The molecular weight excluding hydrogens is 525 g/mol. The lowest BCUT2D eigenvalue weighted by Gasteiger charge is -2.40. The topological polar surface area (TPSA) is 87.5 Å². The maximum atomic E-state index is 13.5. The Hall–Kier alpha value is -3.21. The van der Waals surface area contributed by atoms with Crippen molar-refractivity contribution in [1.82, 2.24) is 4.98 Å². The summed E-state index contributed by atoms with van der Waals surface area (Å²) in [5.74, 6) is -1.16. The first kappa shape index (κ1) is 26.4. The standard InChI is InChI=1S/C26H28ClF3N4O4/c1-15-19(12-23(35)36)34(32-24(15)26(28,29)30)16-3-5-17(6-4-16)38-21-7-10-33(14-25(21)8-9-25)20-11-22(37-2)31-13-18(20)27/h3-6,11,13,15,19,21H,7-10,12,14H2,1-2H3,(H,35,36)/t15-,19-,21?/m0/s1. The van der Waals surface area contributed by atoms with Gasteiger partial charge in [0.1, 0.15) is 17.6 Å². The molecule has 1 N–H and O–H groups in total. The number of nitrogens with zero attached hydrogens (tertiary/aromatic N) is 4. The molecule has 12 heteroatoms. The van der Waals surface area contributed by atoms with Gasteiger partial charge in [0, 0.05) is 36.9 Å². The van der Waals surface area contributed by atoms with Gasteiger partial charge < -0.3 is 19.5 Å². The van der Waals surface area contributed by atoms with Gasteiger partial charge in [-0.15, -0.1) is 0 Å². The van der Waals surface area contributed by atoms with E-state index in [9.17, 15) is 23.1 Å². The molecule has 3 atom stereocenters. The number of aliphatic carboxylic acids is 1. The van der Waals surface area contributed by atoms with Crippen LogP contribution >= 0.6 is 11.6 Å². The molecule has 2 aliphatic heterocycles. The average molecular weight is 553 g/mol. The number of rotatable bonds is 7. The highest BCUT2D eigenvalue weighted by molar-refractivity contribution is 6.33. The number of alkyl halides is 3. The summed E-state index contributed by atoms with van der Waals surface area (Å²) in [7, 11) is 1.56. The van der Waals surface area contributed by atoms with Crippen LogP contribution in [0.15, 0.2) is 41.6 Å². The lowest BCUT2D eigenvalue weighted by molar-refractivity contribution is -0.137. The molecule has 1 spiro atoms. The summed E-state index contributed by atoms with van der Waals surface area (Å²) < 4.78 is 52.0. The number of carboxylic acids is 1. The molecule has 1 aliphatic carbocycles. The van der Waals surface area contributed by atoms with Gasteiger partial charge in [0.05, 0.1) is 42.2 Å². The maximum Gasteiger partial charge on any atom is 0.431 e. The first-order valence-electron chi connectivity index (χ1n) is 12.4. The Labute approximate surface area is 223 Å². The molecule has 3 heterocycles. The summed E-state index contributed by atoms with van der Waals surface area (Å²) in [5.41, 5.74) is 0.270. The SMILES string of the molecule is COc1cc(N2CCC(Oc3ccc(N4N=C(C(F)(F)F)[C@@H](C)[C@@H]4CC(=O)O)cc3)C3(CC3)C2)c(Cl)cn1. The van der Waals surface area contributed by atoms with E-state index in [-0.39, 0.29) is 11.5 Å². The van der Waals surface area contributed by atoms with E-state index in [1.165, 1.54) is 11.9 Å². The quantitative estimate of drug-likeness (QED) is 0.492. The third-order valence-corrected chi connectivity index (χ3v) is 7.99. The summed E-state index contributed by atoms with van der Waals surface area (Å²) in [6, 6.07) is 7.54. The van der Waals surface area contributed by atoms with E-state index in [4.69, 9.17) is 21.1 Å². The Bertz CT molecular complexity index is 1240. The van der Waals surface area contributed by atoms with Gasteiger partial charge in [-0.1, -0.05) is 18.5 Å². The van der Waals surface area contributed by atoms with Gasteiger partial charge in [0.25, 0.3) is 0 Å². The number of pyridine rings is 1. The Kier molecular flexibility index (Phi) is 6.83. The van der Waals surface area contributed by atoms with Crippen LogP contribution in [-0.4, -0.2) is 60.3 Å². The van der Waals surface area contributed by atoms with E-state index < -0.39 is 36.2 Å². The number of ether oxygens (including phenoxy) is 2. The number of benzene rings is 1. The van der Waals surface area contributed by atoms with Crippen LogP contribution < -0.4 is 19.4 Å². The first-order valence-corrected chi connectivity index (χ1v) is 12.8. The van der Waals surface area contributed by atoms with E-state index in [1.807, 2.05) is 6.07 Å². The van der Waals surface area contributed by atoms with Gasteiger partial charge in [0.2, 0.25) is 5.88 Å². The van der Waals surface area contributed by atoms with Gasteiger partial charge in [-0.3, -0.25) is 9.80 Å². The Balaban J connectivity index is 1.29. The van der Waals surface area contributed by atoms with Crippen LogP contribution in [0.5, 0.6) is 11.6 Å². The van der Waals surface area contributed by atoms with Crippen LogP contribution in [-0.2, 0) is 4.79 Å².